The summed E-state index contributed by atoms with van der Waals surface area (Å²) in [6, 6.07) is 3.27. The zero-order valence-electron chi connectivity index (χ0n) is 8.87. The van der Waals surface area contributed by atoms with E-state index in [9.17, 15) is 10.1 Å². The second kappa shape index (κ2) is 4.46. The molecule has 0 saturated carbocycles. The van der Waals surface area contributed by atoms with Crippen LogP contribution in [-0.4, -0.2) is 24.9 Å². The van der Waals surface area contributed by atoms with Gasteiger partial charge in [0.25, 0.3) is 0 Å². The third-order valence-electron chi connectivity index (χ3n) is 2.17. The van der Waals surface area contributed by atoms with Gasteiger partial charge in [-0.3, -0.25) is 10.1 Å². The molecule has 7 nitrogen and oxygen atoms in total. The summed E-state index contributed by atoms with van der Waals surface area (Å²) in [6.07, 6.45) is 1.92. The highest BCUT2D eigenvalue weighted by Gasteiger charge is 2.26. The molecule has 8 heteroatoms. The molecule has 0 aromatic carbocycles. The monoisotopic (exact) mass is 253 g/mol. The van der Waals surface area contributed by atoms with Crippen LogP contribution in [-0.2, 0) is 6.42 Å². The fraction of sp³-hybridized carbons (Fsp3) is 0.222. The van der Waals surface area contributed by atoms with Crippen LogP contribution in [0.5, 0.6) is 0 Å². The zero-order chi connectivity index (χ0) is 12.4. The number of halogens is 1. The molecule has 0 aliphatic rings. The van der Waals surface area contributed by atoms with Gasteiger partial charge in [-0.1, -0.05) is 18.5 Å². The predicted molar refractivity (Wildman–Crippen MR) is 60.2 cm³/mol. The Morgan fingerprint density at radius 3 is 2.82 bits per heavy atom. The Hall–Kier alpha value is -2.02. The summed E-state index contributed by atoms with van der Waals surface area (Å²) in [5.41, 5.74) is 0.144. The number of aryl methyl sites for hydroxylation is 1. The molecule has 2 aromatic heterocycles. The SMILES string of the molecule is CCc1nn(-c2cccnn2)c(Cl)c1[N+](=O)[O-]. The van der Waals surface area contributed by atoms with Crippen LogP contribution in [0.2, 0.25) is 5.15 Å². The Bertz CT molecular complexity index is 554. The van der Waals surface area contributed by atoms with Gasteiger partial charge in [0.2, 0.25) is 5.15 Å². The largest absolute Gasteiger partial charge is 0.329 e. The summed E-state index contributed by atoms with van der Waals surface area (Å²) in [5, 5.41) is 22.3. The molecule has 2 rings (SSSR count). The first-order chi connectivity index (χ1) is 8.15. The van der Waals surface area contributed by atoms with Crippen molar-refractivity contribution in [3.63, 3.8) is 0 Å². The Kier molecular flexibility index (Phi) is 3.01. The number of hydrogen-bond donors (Lipinski definition) is 0. The highest BCUT2D eigenvalue weighted by Crippen LogP contribution is 2.30. The first-order valence-corrected chi connectivity index (χ1v) is 5.22. The molecule has 0 atom stereocenters. The van der Waals surface area contributed by atoms with Gasteiger partial charge in [0.05, 0.1) is 4.92 Å². The van der Waals surface area contributed by atoms with Gasteiger partial charge in [0.1, 0.15) is 5.69 Å². The van der Waals surface area contributed by atoms with E-state index in [1.807, 2.05) is 0 Å². The molecule has 0 fully saturated rings. The van der Waals surface area contributed by atoms with E-state index in [0.717, 1.165) is 0 Å². The van der Waals surface area contributed by atoms with Crippen molar-refractivity contribution in [2.24, 2.45) is 0 Å². The molecule has 0 radical (unpaired) electrons. The maximum Gasteiger partial charge on any atom is 0.329 e. The predicted octanol–water partition coefficient (Wildman–Crippen LogP) is 1.79. The van der Waals surface area contributed by atoms with Gasteiger partial charge in [0, 0.05) is 6.20 Å². The molecule has 88 valence electrons. The second-order valence-corrected chi connectivity index (χ2v) is 3.55. The first kappa shape index (κ1) is 11.5. The number of rotatable bonds is 3. The molecular formula is C9H8ClN5O2. The molecule has 2 heterocycles. The molecule has 0 spiro atoms. The Morgan fingerprint density at radius 1 is 1.59 bits per heavy atom. The normalized spacial score (nSPS) is 10.5. The minimum Gasteiger partial charge on any atom is -0.258 e. The van der Waals surface area contributed by atoms with Crippen LogP contribution >= 0.6 is 11.6 Å². The van der Waals surface area contributed by atoms with Gasteiger partial charge in [0.15, 0.2) is 5.82 Å². The van der Waals surface area contributed by atoms with Crippen molar-refractivity contribution >= 4 is 17.3 Å². The average molecular weight is 254 g/mol. The maximum atomic E-state index is 10.9. The molecule has 0 aliphatic heterocycles. The molecule has 0 unspecified atom stereocenters. The van der Waals surface area contributed by atoms with Crippen molar-refractivity contribution in [1.82, 2.24) is 20.0 Å². The third kappa shape index (κ3) is 1.96. The highest BCUT2D eigenvalue weighted by molar-refractivity contribution is 6.32. The van der Waals surface area contributed by atoms with Gasteiger partial charge >= 0.3 is 5.69 Å². The van der Waals surface area contributed by atoms with E-state index < -0.39 is 4.92 Å². The van der Waals surface area contributed by atoms with E-state index in [2.05, 4.69) is 15.3 Å². The molecule has 0 bridgehead atoms. The number of aromatic nitrogens is 4. The van der Waals surface area contributed by atoms with E-state index in [0.29, 0.717) is 17.9 Å². The van der Waals surface area contributed by atoms with E-state index >= 15 is 0 Å². The van der Waals surface area contributed by atoms with Gasteiger partial charge < -0.3 is 0 Å². The van der Waals surface area contributed by atoms with E-state index in [-0.39, 0.29) is 10.8 Å². The average Bonchev–Trinajstić information content (AvgIpc) is 2.67. The van der Waals surface area contributed by atoms with Crippen molar-refractivity contribution in [3.8, 4) is 5.82 Å². The minimum absolute atomic E-state index is 0.0626. The summed E-state index contributed by atoms with van der Waals surface area (Å²) in [4.78, 5) is 10.3. The third-order valence-corrected chi connectivity index (χ3v) is 2.51. The molecule has 2 aromatic rings. The summed E-state index contributed by atoms with van der Waals surface area (Å²) >= 11 is 5.93. The maximum absolute atomic E-state index is 10.9. The van der Waals surface area contributed by atoms with Crippen LogP contribution in [0.25, 0.3) is 5.82 Å². The van der Waals surface area contributed by atoms with Gasteiger partial charge in [-0.05, 0) is 18.6 Å². The van der Waals surface area contributed by atoms with E-state index in [1.165, 1.54) is 10.9 Å². The summed E-state index contributed by atoms with van der Waals surface area (Å²) < 4.78 is 1.21. The van der Waals surface area contributed by atoms with Crippen molar-refractivity contribution < 1.29 is 4.92 Å². The summed E-state index contributed by atoms with van der Waals surface area (Å²) in [7, 11) is 0. The number of nitrogens with zero attached hydrogens (tertiary/aromatic N) is 5. The van der Waals surface area contributed by atoms with Crippen LogP contribution in [0.4, 0.5) is 5.69 Å². The molecular weight excluding hydrogens is 246 g/mol. The smallest absolute Gasteiger partial charge is 0.258 e. The van der Waals surface area contributed by atoms with E-state index in [1.54, 1.807) is 19.1 Å². The summed E-state index contributed by atoms with van der Waals surface area (Å²) in [5.74, 6) is 0.348. The molecule has 0 N–H and O–H groups in total. The van der Waals surface area contributed by atoms with Crippen molar-refractivity contribution in [2.75, 3.05) is 0 Å². The Labute approximate surface area is 101 Å². The van der Waals surface area contributed by atoms with Gasteiger partial charge in [-0.15, -0.1) is 5.10 Å². The standard InChI is InChI=1S/C9H8ClN5O2/c1-2-6-8(15(16)17)9(10)14(13-6)7-4-3-5-11-12-7/h3-5H,2H2,1H3. The van der Waals surface area contributed by atoms with E-state index in [4.69, 9.17) is 11.6 Å². The molecule has 0 aliphatic carbocycles. The quantitative estimate of drug-likeness (QED) is 0.615. The van der Waals surface area contributed by atoms with Crippen LogP contribution < -0.4 is 0 Å². The van der Waals surface area contributed by atoms with Crippen molar-refractivity contribution in [1.29, 1.82) is 0 Å². The van der Waals surface area contributed by atoms with Crippen molar-refractivity contribution in [2.45, 2.75) is 13.3 Å². The van der Waals surface area contributed by atoms with Crippen LogP contribution in [0, 0.1) is 10.1 Å². The van der Waals surface area contributed by atoms with Crippen LogP contribution in [0.15, 0.2) is 18.3 Å². The lowest BCUT2D eigenvalue weighted by Gasteiger charge is -1.98. The molecule has 0 saturated heterocycles. The van der Waals surface area contributed by atoms with Crippen molar-refractivity contribution in [3.05, 3.63) is 39.3 Å². The molecule has 17 heavy (non-hydrogen) atoms. The lowest BCUT2D eigenvalue weighted by atomic mass is 10.3. The second-order valence-electron chi connectivity index (χ2n) is 3.19. The topological polar surface area (TPSA) is 86.7 Å². The fourth-order valence-electron chi connectivity index (χ4n) is 1.41. The van der Waals surface area contributed by atoms with Gasteiger partial charge in [-0.25, -0.2) is 0 Å². The van der Waals surface area contributed by atoms with Crippen LogP contribution in [0.3, 0.4) is 0 Å². The lowest BCUT2D eigenvalue weighted by Crippen LogP contribution is -2.01. The fourth-order valence-corrected chi connectivity index (χ4v) is 1.71. The Morgan fingerprint density at radius 2 is 2.35 bits per heavy atom. The Balaban J connectivity index is 2.61. The first-order valence-electron chi connectivity index (χ1n) is 4.85. The molecule has 0 amide bonds. The number of hydrogen-bond acceptors (Lipinski definition) is 5. The highest BCUT2D eigenvalue weighted by atomic mass is 35.5. The minimum atomic E-state index is -0.541. The summed E-state index contributed by atoms with van der Waals surface area (Å²) in [6.45, 7) is 1.77. The van der Waals surface area contributed by atoms with Crippen LogP contribution in [0.1, 0.15) is 12.6 Å². The number of nitro groups is 1. The lowest BCUT2D eigenvalue weighted by molar-refractivity contribution is -0.385. The van der Waals surface area contributed by atoms with Gasteiger partial charge in [-0.2, -0.15) is 14.9 Å². The zero-order valence-corrected chi connectivity index (χ0v) is 9.63.